The highest BCUT2D eigenvalue weighted by atomic mass is 15.1. The molecule has 0 spiro atoms. The first-order chi connectivity index (χ1) is 7.36. The normalized spacial score (nSPS) is 11.1. The molecule has 0 radical (unpaired) electrons. The minimum absolute atomic E-state index is 0.205. The van der Waals surface area contributed by atoms with E-state index < -0.39 is 0 Å². The topological polar surface area (TPSA) is 24.1 Å². The Bertz CT molecular complexity index is 442. The first-order valence-electron chi connectivity index (χ1n) is 5.19. The van der Waals surface area contributed by atoms with E-state index >= 15 is 0 Å². The summed E-state index contributed by atoms with van der Waals surface area (Å²) in [5, 5.41) is 9.08. The van der Waals surface area contributed by atoms with Gasteiger partial charge in [0.15, 0.2) is 0 Å². The third-order valence-corrected chi connectivity index (χ3v) is 2.71. The number of hydrogen-bond acceptors (Lipinski definition) is 2. The van der Waals surface area contributed by atoms with Crippen molar-refractivity contribution in [3.05, 3.63) is 48.0 Å². The molecule has 0 unspecified atom stereocenters. The van der Waals surface area contributed by atoms with E-state index in [-0.39, 0.29) is 6.17 Å². The van der Waals surface area contributed by atoms with Crippen LogP contribution in [0.1, 0.15) is 11.7 Å². The molecule has 0 amide bonds. The first-order valence-corrected chi connectivity index (χ1v) is 5.19. The van der Waals surface area contributed by atoms with Crippen molar-refractivity contribution in [3.8, 4) is 0 Å². The Hall–Kier alpha value is -1.38. The van der Waals surface area contributed by atoms with Gasteiger partial charge in [0.1, 0.15) is 0 Å². The van der Waals surface area contributed by atoms with Crippen LogP contribution >= 0.6 is 0 Å². The highest BCUT2D eigenvalue weighted by Gasteiger charge is 2.08. The molecular weight excluding hydrogens is 184 g/mol. The first kappa shape index (κ1) is 10.1. The predicted molar refractivity (Wildman–Crippen MR) is 64.8 cm³/mol. The Labute approximate surface area is 90.3 Å². The Morgan fingerprint density at radius 1 is 0.867 bits per heavy atom. The van der Waals surface area contributed by atoms with E-state index in [4.69, 9.17) is 0 Å². The average molecular weight is 200 g/mol. The molecule has 2 N–H and O–H groups in total. The van der Waals surface area contributed by atoms with Crippen molar-refractivity contribution in [1.82, 2.24) is 10.6 Å². The summed E-state index contributed by atoms with van der Waals surface area (Å²) in [5.41, 5.74) is 1.29. The van der Waals surface area contributed by atoms with Gasteiger partial charge in [-0.2, -0.15) is 0 Å². The Morgan fingerprint density at radius 2 is 1.53 bits per heavy atom. The zero-order valence-electron chi connectivity index (χ0n) is 9.12. The lowest BCUT2D eigenvalue weighted by molar-refractivity contribution is 0.523. The molecule has 2 aromatic rings. The van der Waals surface area contributed by atoms with Crippen molar-refractivity contribution < 1.29 is 0 Å². The van der Waals surface area contributed by atoms with Gasteiger partial charge in [-0.3, -0.25) is 0 Å². The van der Waals surface area contributed by atoms with Gasteiger partial charge in [-0.1, -0.05) is 42.5 Å². The Morgan fingerprint density at radius 3 is 2.27 bits per heavy atom. The summed E-state index contributed by atoms with van der Waals surface area (Å²) >= 11 is 0. The second-order valence-corrected chi connectivity index (χ2v) is 3.58. The van der Waals surface area contributed by atoms with Crippen molar-refractivity contribution in [1.29, 1.82) is 0 Å². The molecule has 2 nitrogen and oxygen atoms in total. The van der Waals surface area contributed by atoms with Crippen molar-refractivity contribution in [2.24, 2.45) is 0 Å². The summed E-state index contributed by atoms with van der Waals surface area (Å²) in [5.74, 6) is 0. The molecule has 0 fully saturated rings. The van der Waals surface area contributed by atoms with Gasteiger partial charge in [0.2, 0.25) is 0 Å². The number of rotatable bonds is 3. The maximum atomic E-state index is 3.25. The second-order valence-electron chi connectivity index (χ2n) is 3.58. The fraction of sp³-hybridized carbons (Fsp3) is 0.231. The van der Waals surface area contributed by atoms with Crippen molar-refractivity contribution in [2.45, 2.75) is 6.17 Å². The van der Waals surface area contributed by atoms with E-state index in [9.17, 15) is 0 Å². The minimum Gasteiger partial charge on any atom is -0.301 e. The summed E-state index contributed by atoms with van der Waals surface area (Å²) in [7, 11) is 3.92. The summed E-state index contributed by atoms with van der Waals surface area (Å²) < 4.78 is 0. The molecule has 0 heterocycles. The SMILES string of the molecule is CNC(NC)c1cccc2ccccc12. The third-order valence-electron chi connectivity index (χ3n) is 2.71. The minimum atomic E-state index is 0.205. The van der Waals surface area contributed by atoms with Gasteiger partial charge in [-0.05, 0) is 30.4 Å². The molecular formula is C13H16N2. The number of fused-ring (bicyclic) bond motifs is 1. The van der Waals surface area contributed by atoms with Gasteiger partial charge in [0.05, 0.1) is 6.17 Å². The van der Waals surface area contributed by atoms with E-state index in [2.05, 4.69) is 53.1 Å². The average Bonchev–Trinajstić information content (AvgIpc) is 2.31. The molecule has 0 atom stereocenters. The monoisotopic (exact) mass is 200 g/mol. The number of hydrogen-bond donors (Lipinski definition) is 2. The third kappa shape index (κ3) is 1.87. The van der Waals surface area contributed by atoms with Crippen LogP contribution in [0.2, 0.25) is 0 Å². The molecule has 2 aromatic carbocycles. The van der Waals surface area contributed by atoms with Crippen LogP contribution in [0.4, 0.5) is 0 Å². The van der Waals surface area contributed by atoms with Gasteiger partial charge < -0.3 is 10.6 Å². The summed E-state index contributed by atoms with van der Waals surface area (Å²) in [4.78, 5) is 0. The summed E-state index contributed by atoms with van der Waals surface area (Å²) in [6, 6.07) is 14.8. The second kappa shape index (κ2) is 4.43. The molecule has 0 saturated heterocycles. The molecule has 0 aliphatic heterocycles. The van der Waals surface area contributed by atoms with Crippen molar-refractivity contribution >= 4 is 10.8 Å². The maximum absolute atomic E-state index is 3.25. The molecule has 15 heavy (non-hydrogen) atoms. The van der Waals surface area contributed by atoms with Gasteiger partial charge in [-0.15, -0.1) is 0 Å². The zero-order chi connectivity index (χ0) is 10.7. The van der Waals surface area contributed by atoms with Crippen LogP contribution in [-0.4, -0.2) is 14.1 Å². The van der Waals surface area contributed by atoms with Crippen LogP contribution in [0.5, 0.6) is 0 Å². The molecule has 78 valence electrons. The van der Waals surface area contributed by atoms with Crippen LogP contribution in [0.15, 0.2) is 42.5 Å². The van der Waals surface area contributed by atoms with Gasteiger partial charge in [-0.25, -0.2) is 0 Å². The van der Waals surface area contributed by atoms with E-state index in [0.29, 0.717) is 0 Å². The number of nitrogens with one attached hydrogen (secondary N) is 2. The van der Waals surface area contributed by atoms with Crippen LogP contribution in [0, 0.1) is 0 Å². The quantitative estimate of drug-likeness (QED) is 0.743. The van der Waals surface area contributed by atoms with E-state index in [1.54, 1.807) is 0 Å². The molecule has 0 saturated carbocycles. The summed E-state index contributed by atoms with van der Waals surface area (Å²) in [6.07, 6.45) is 0.205. The maximum Gasteiger partial charge on any atom is 0.0836 e. The van der Waals surface area contributed by atoms with Crippen LogP contribution in [0.3, 0.4) is 0 Å². The molecule has 0 bridgehead atoms. The standard InChI is InChI=1S/C13H16N2/c1-14-13(15-2)12-9-5-7-10-6-3-4-8-11(10)12/h3-9,13-15H,1-2H3. The van der Waals surface area contributed by atoms with Crippen LogP contribution < -0.4 is 10.6 Å². The van der Waals surface area contributed by atoms with Crippen molar-refractivity contribution in [2.75, 3.05) is 14.1 Å². The van der Waals surface area contributed by atoms with Crippen LogP contribution in [0.25, 0.3) is 10.8 Å². The highest BCUT2D eigenvalue weighted by molar-refractivity contribution is 5.86. The number of benzene rings is 2. The summed E-state index contributed by atoms with van der Waals surface area (Å²) in [6.45, 7) is 0. The molecule has 2 heteroatoms. The molecule has 2 rings (SSSR count). The van der Waals surface area contributed by atoms with E-state index in [1.807, 2.05) is 14.1 Å². The van der Waals surface area contributed by atoms with E-state index in [1.165, 1.54) is 16.3 Å². The molecule has 0 aliphatic carbocycles. The zero-order valence-corrected chi connectivity index (χ0v) is 9.12. The highest BCUT2D eigenvalue weighted by Crippen LogP contribution is 2.22. The van der Waals surface area contributed by atoms with Gasteiger partial charge >= 0.3 is 0 Å². The van der Waals surface area contributed by atoms with Gasteiger partial charge in [0.25, 0.3) is 0 Å². The van der Waals surface area contributed by atoms with E-state index in [0.717, 1.165) is 0 Å². The Balaban J connectivity index is 2.59. The van der Waals surface area contributed by atoms with Crippen LogP contribution in [-0.2, 0) is 0 Å². The lowest BCUT2D eigenvalue weighted by Crippen LogP contribution is -2.28. The molecule has 0 aromatic heterocycles. The lowest BCUT2D eigenvalue weighted by atomic mass is 10.0. The Kier molecular flexibility index (Phi) is 2.99. The van der Waals surface area contributed by atoms with Gasteiger partial charge in [0, 0.05) is 0 Å². The lowest BCUT2D eigenvalue weighted by Gasteiger charge is -2.17. The molecule has 0 aliphatic rings. The fourth-order valence-electron chi connectivity index (χ4n) is 1.96. The van der Waals surface area contributed by atoms with Crippen molar-refractivity contribution in [3.63, 3.8) is 0 Å². The smallest absolute Gasteiger partial charge is 0.0836 e. The fourth-order valence-corrected chi connectivity index (χ4v) is 1.96. The predicted octanol–water partition coefficient (Wildman–Crippen LogP) is 2.28. The largest absolute Gasteiger partial charge is 0.301 e.